The molecule has 0 unspecified atom stereocenters. The number of fused-ring (bicyclic) bond motifs is 1. The monoisotopic (exact) mass is 372 g/mol. The van der Waals surface area contributed by atoms with Crippen molar-refractivity contribution < 1.29 is 26.0 Å². The Morgan fingerprint density at radius 1 is 1.12 bits per heavy atom. The number of hydrogen-bond donors (Lipinski definition) is 1. The molecule has 3 rings (SSSR count). The molecule has 132 valence electrons. The van der Waals surface area contributed by atoms with Gasteiger partial charge < -0.3 is 4.42 Å². The summed E-state index contributed by atoms with van der Waals surface area (Å²) in [5.74, 6) is -0.618. The molecule has 3 aromatic rings. The number of aromatic nitrogens is 1. The van der Waals surface area contributed by atoms with Crippen LogP contribution in [0.5, 0.6) is 0 Å². The Labute approximate surface area is 139 Å². The molecule has 0 saturated heterocycles. The average molecular weight is 372 g/mol. The molecule has 0 saturated carbocycles. The molecule has 0 bridgehead atoms. The highest BCUT2D eigenvalue weighted by Gasteiger charge is 2.31. The molecule has 0 aliphatic heterocycles. The van der Waals surface area contributed by atoms with E-state index >= 15 is 0 Å². The summed E-state index contributed by atoms with van der Waals surface area (Å²) in [6, 6.07) is 7.51. The average Bonchev–Trinajstić information content (AvgIpc) is 2.80. The fourth-order valence-corrected chi connectivity index (χ4v) is 3.35. The number of sulfonamides is 1. The molecule has 0 atom stereocenters. The number of nitrogens with zero attached hydrogens (tertiary/aromatic N) is 1. The van der Waals surface area contributed by atoms with Crippen molar-refractivity contribution in [3.8, 4) is 0 Å². The minimum Gasteiger partial charge on any atom is -0.408 e. The minimum atomic E-state index is -4.65. The quantitative estimate of drug-likeness (QED) is 0.766. The number of rotatable bonds is 3. The Kier molecular flexibility index (Phi) is 3.87. The van der Waals surface area contributed by atoms with Gasteiger partial charge in [-0.25, -0.2) is 13.2 Å². The van der Waals surface area contributed by atoms with Crippen molar-refractivity contribution in [3.63, 3.8) is 0 Å². The van der Waals surface area contributed by atoms with Crippen molar-refractivity contribution in [2.45, 2.75) is 11.1 Å². The van der Waals surface area contributed by atoms with Crippen LogP contribution in [0.2, 0.25) is 0 Å². The van der Waals surface area contributed by atoms with Crippen molar-refractivity contribution in [3.05, 3.63) is 58.6 Å². The molecule has 0 fully saturated rings. The Hall–Kier alpha value is -2.75. The highest BCUT2D eigenvalue weighted by Crippen LogP contribution is 2.31. The fraction of sp³-hybridized carbons (Fsp3) is 0.133. The first-order valence-electron chi connectivity index (χ1n) is 6.87. The van der Waals surface area contributed by atoms with Gasteiger partial charge in [0.15, 0.2) is 5.58 Å². The van der Waals surface area contributed by atoms with E-state index in [1.807, 2.05) is 0 Å². The Balaban J connectivity index is 1.98. The third-order valence-corrected chi connectivity index (χ3v) is 4.90. The maximum atomic E-state index is 12.7. The largest absolute Gasteiger partial charge is 0.419 e. The van der Waals surface area contributed by atoms with Gasteiger partial charge in [0.25, 0.3) is 10.0 Å². The third-order valence-electron chi connectivity index (χ3n) is 3.52. The fourth-order valence-electron chi connectivity index (χ4n) is 2.25. The molecule has 0 amide bonds. The van der Waals surface area contributed by atoms with Gasteiger partial charge in [0.1, 0.15) is 0 Å². The van der Waals surface area contributed by atoms with E-state index in [1.165, 1.54) is 29.8 Å². The van der Waals surface area contributed by atoms with E-state index in [4.69, 9.17) is 4.42 Å². The van der Waals surface area contributed by atoms with Gasteiger partial charge in [-0.15, -0.1) is 0 Å². The standard InChI is InChI=1S/C15H11F3N2O4S/c1-20-12-6-5-10(8-13(12)24-14(20)21)19-25(22,23)11-4-2-3-9(7-11)15(16,17)18/h2-8,19H,1H3. The number of oxazole rings is 1. The zero-order valence-corrected chi connectivity index (χ0v) is 13.5. The second kappa shape index (κ2) is 5.66. The van der Waals surface area contributed by atoms with E-state index in [0.29, 0.717) is 11.6 Å². The van der Waals surface area contributed by atoms with Gasteiger partial charge >= 0.3 is 11.9 Å². The summed E-state index contributed by atoms with van der Waals surface area (Å²) in [6.07, 6.45) is -4.65. The number of anilines is 1. The minimum absolute atomic E-state index is 0.0549. The third kappa shape index (κ3) is 3.25. The van der Waals surface area contributed by atoms with Crippen LogP contribution >= 0.6 is 0 Å². The molecule has 1 heterocycles. The lowest BCUT2D eigenvalue weighted by molar-refractivity contribution is -0.137. The summed E-state index contributed by atoms with van der Waals surface area (Å²) in [7, 11) is -2.76. The van der Waals surface area contributed by atoms with Crippen LogP contribution in [0, 0.1) is 0 Å². The molecule has 6 nitrogen and oxygen atoms in total. The number of halogens is 3. The smallest absolute Gasteiger partial charge is 0.408 e. The number of benzene rings is 2. The zero-order valence-electron chi connectivity index (χ0n) is 12.7. The van der Waals surface area contributed by atoms with Crippen LogP contribution in [0.1, 0.15) is 5.56 Å². The number of alkyl halides is 3. The summed E-state index contributed by atoms with van der Waals surface area (Å²) in [4.78, 5) is 10.9. The topological polar surface area (TPSA) is 81.3 Å². The molecule has 0 aliphatic rings. The van der Waals surface area contributed by atoms with E-state index in [2.05, 4.69) is 4.72 Å². The van der Waals surface area contributed by atoms with Crippen LogP contribution in [0.3, 0.4) is 0 Å². The van der Waals surface area contributed by atoms with Gasteiger partial charge in [0.05, 0.1) is 21.7 Å². The normalized spacial score (nSPS) is 12.5. The highest BCUT2D eigenvalue weighted by atomic mass is 32.2. The van der Waals surface area contributed by atoms with Gasteiger partial charge in [0.2, 0.25) is 0 Å². The first kappa shape index (κ1) is 17.1. The van der Waals surface area contributed by atoms with Gasteiger partial charge in [0, 0.05) is 13.1 Å². The zero-order chi connectivity index (χ0) is 18.4. The van der Waals surface area contributed by atoms with Crippen LogP contribution in [-0.4, -0.2) is 13.0 Å². The van der Waals surface area contributed by atoms with E-state index in [-0.39, 0.29) is 11.3 Å². The number of aryl methyl sites for hydroxylation is 1. The van der Waals surface area contributed by atoms with Gasteiger partial charge in [-0.2, -0.15) is 13.2 Å². The van der Waals surface area contributed by atoms with Crippen molar-refractivity contribution in [1.82, 2.24) is 4.57 Å². The SMILES string of the molecule is Cn1c(=O)oc2cc(NS(=O)(=O)c3cccc(C(F)(F)F)c3)ccc21. The summed E-state index contributed by atoms with van der Waals surface area (Å²) in [5.41, 5.74) is -0.414. The van der Waals surface area contributed by atoms with Gasteiger partial charge in [-0.1, -0.05) is 6.07 Å². The molecule has 10 heteroatoms. The molecule has 25 heavy (non-hydrogen) atoms. The summed E-state index contributed by atoms with van der Waals surface area (Å²) < 4.78 is 71.2. The van der Waals surface area contributed by atoms with Gasteiger partial charge in [-0.05, 0) is 30.3 Å². The first-order valence-corrected chi connectivity index (χ1v) is 8.36. The molecule has 1 N–H and O–H groups in total. The van der Waals surface area contributed by atoms with Crippen LogP contribution in [0.4, 0.5) is 18.9 Å². The summed E-state index contributed by atoms with van der Waals surface area (Å²) in [5, 5.41) is 0. The lowest BCUT2D eigenvalue weighted by Crippen LogP contribution is -2.14. The lowest BCUT2D eigenvalue weighted by atomic mass is 10.2. The summed E-state index contributed by atoms with van der Waals surface area (Å²) >= 11 is 0. The molecule has 2 aromatic carbocycles. The molecule has 0 radical (unpaired) electrons. The van der Waals surface area contributed by atoms with E-state index < -0.39 is 32.4 Å². The van der Waals surface area contributed by atoms with Crippen molar-refractivity contribution >= 4 is 26.8 Å². The van der Waals surface area contributed by atoms with Crippen molar-refractivity contribution in [2.75, 3.05) is 4.72 Å². The lowest BCUT2D eigenvalue weighted by Gasteiger charge is -2.11. The predicted octanol–water partition coefficient (Wildman–Crippen LogP) is 2.95. The van der Waals surface area contributed by atoms with E-state index in [1.54, 1.807) is 0 Å². The summed E-state index contributed by atoms with van der Waals surface area (Å²) in [6.45, 7) is 0. The van der Waals surface area contributed by atoms with Crippen molar-refractivity contribution in [2.24, 2.45) is 7.05 Å². The second-order valence-electron chi connectivity index (χ2n) is 5.24. The number of nitrogens with one attached hydrogen (secondary N) is 1. The Bertz CT molecular complexity index is 1110. The number of hydrogen-bond acceptors (Lipinski definition) is 4. The van der Waals surface area contributed by atoms with Crippen LogP contribution in [-0.2, 0) is 23.2 Å². The molecule has 0 aliphatic carbocycles. The Morgan fingerprint density at radius 2 is 1.84 bits per heavy atom. The van der Waals surface area contributed by atoms with Crippen LogP contribution in [0.15, 0.2) is 56.6 Å². The maximum Gasteiger partial charge on any atom is 0.419 e. The van der Waals surface area contributed by atoms with Gasteiger partial charge in [-0.3, -0.25) is 9.29 Å². The maximum absolute atomic E-state index is 12.7. The Morgan fingerprint density at radius 3 is 2.52 bits per heavy atom. The molecular weight excluding hydrogens is 361 g/mol. The molecule has 1 aromatic heterocycles. The van der Waals surface area contributed by atoms with E-state index in [0.717, 1.165) is 18.2 Å². The molecule has 0 spiro atoms. The van der Waals surface area contributed by atoms with Crippen LogP contribution in [0.25, 0.3) is 11.1 Å². The molecular formula is C15H11F3N2O4S. The predicted molar refractivity (Wildman–Crippen MR) is 83.7 cm³/mol. The van der Waals surface area contributed by atoms with Crippen LogP contribution < -0.4 is 10.5 Å². The first-order chi connectivity index (χ1) is 11.6. The van der Waals surface area contributed by atoms with Crippen molar-refractivity contribution in [1.29, 1.82) is 0 Å². The highest BCUT2D eigenvalue weighted by molar-refractivity contribution is 7.92. The van der Waals surface area contributed by atoms with E-state index in [9.17, 15) is 26.4 Å². The second-order valence-corrected chi connectivity index (χ2v) is 6.92.